The molecule has 2 aromatic carbocycles. The van der Waals surface area contributed by atoms with E-state index in [1.54, 1.807) is 12.1 Å². The Morgan fingerprint density at radius 2 is 1.78 bits per heavy atom. The lowest BCUT2D eigenvalue weighted by atomic mass is 10.0. The van der Waals surface area contributed by atoms with Crippen LogP contribution in [0, 0.1) is 3.57 Å². The van der Waals surface area contributed by atoms with Crippen molar-refractivity contribution in [1.82, 2.24) is 5.32 Å². The first-order valence-corrected chi connectivity index (χ1v) is 8.48. The molecule has 0 aliphatic carbocycles. The predicted octanol–water partition coefficient (Wildman–Crippen LogP) is 4.15. The second kappa shape index (κ2) is 8.31. The van der Waals surface area contributed by atoms with Crippen LogP contribution < -0.4 is 10.6 Å². The largest absolute Gasteiger partial charge is 0.349 e. The van der Waals surface area contributed by atoms with Crippen molar-refractivity contribution < 1.29 is 9.59 Å². The Hall–Kier alpha value is -1.60. The quantitative estimate of drug-likeness (QED) is 0.684. The van der Waals surface area contributed by atoms with Gasteiger partial charge in [0, 0.05) is 15.5 Å². The maximum atomic E-state index is 12.3. The third-order valence-corrected chi connectivity index (χ3v) is 4.38. The molecule has 0 saturated carbocycles. The average Bonchev–Trinajstić information content (AvgIpc) is 2.49. The van der Waals surface area contributed by atoms with Crippen LogP contribution >= 0.6 is 34.2 Å². The van der Waals surface area contributed by atoms with E-state index in [1.807, 2.05) is 36.4 Å². The summed E-state index contributed by atoms with van der Waals surface area (Å²) in [5.74, 6) is -0.352. The molecule has 0 heterocycles. The number of amides is 2. The predicted molar refractivity (Wildman–Crippen MR) is 100 cm³/mol. The van der Waals surface area contributed by atoms with Gasteiger partial charge in [-0.1, -0.05) is 35.9 Å². The number of nitrogens with one attached hydrogen (secondary N) is 2. The van der Waals surface area contributed by atoms with Crippen LogP contribution in [0.2, 0.25) is 5.02 Å². The van der Waals surface area contributed by atoms with Gasteiger partial charge in [0.1, 0.15) is 0 Å². The van der Waals surface area contributed by atoms with E-state index < -0.39 is 6.04 Å². The summed E-state index contributed by atoms with van der Waals surface area (Å²) in [4.78, 5) is 23.7. The number of carbonyl (C=O) groups excluding carboxylic acids is 2. The van der Waals surface area contributed by atoms with Crippen molar-refractivity contribution in [3.05, 3.63) is 62.7 Å². The van der Waals surface area contributed by atoms with Crippen molar-refractivity contribution in [3.8, 4) is 0 Å². The number of hydrogen-bond acceptors (Lipinski definition) is 2. The summed E-state index contributed by atoms with van der Waals surface area (Å²) in [6, 6.07) is 14.2. The van der Waals surface area contributed by atoms with Gasteiger partial charge in [0.05, 0.1) is 18.2 Å². The van der Waals surface area contributed by atoms with E-state index in [0.29, 0.717) is 5.02 Å². The first kappa shape index (κ1) is 17.7. The fraction of sp³-hybridized carbons (Fsp3) is 0.176. The summed E-state index contributed by atoms with van der Waals surface area (Å²) in [5.41, 5.74) is 1.60. The lowest BCUT2D eigenvalue weighted by Crippen LogP contribution is -2.29. The van der Waals surface area contributed by atoms with Crippen molar-refractivity contribution >= 4 is 51.7 Å². The second-order valence-corrected chi connectivity index (χ2v) is 6.64. The number of rotatable bonds is 5. The molecule has 2 amide bonds. The van der Waals surface area contributed by atoms with E-state index in [2.05, 4.69) is 33.2 Å². The van der Waals surface area contributed by atoms with Gasteiger partial charge in [-0.2, -0.15) is 0 Å². The van der Waals surface area contributed by atoms with Gasteiger partial charge in [-0.15, -0.1) is 0 Å². The third-order valence-electron chi connectivity index (χ3n) is 3.19. The summed E-state index contributed by atoms with van der Waals surface area (Å²) in [6.07, 6.45) is 0.145. The summed E-state index contributed by atoms with van der Waals surface area (Å²) in [7, 11) is 0. The number of halogens is 2. The van der Waals surface area contributed by atoms with Crippen LogP contribution in [0.1, 0.15) is 24.9 Å². The van der Waals surface area contributed by atoms with Crippen molar-refractivity contribution in [2.45, 2.75) is 19.4 Å². The van der Waals surface area contributed by atoms with E-state index in [1.165, 1.54) is 6.92 Å². The Morgan fingerprint density at radius 1 is 1.13 bits per heavy atom. The smallest absolute Gasteiger partial charge is 0.226 e. The molecule has 6 heteroatoms. The Bertz CT molecular complexity index is 704. The summed E-state index contributed by atoms with van der Waals surface area (Å²) < 4.78 is 0.959. The molecule has 1 atom stereocenters. The third kappa shape index (κ3) is 5.51. The van der Waals surface area contributed by atoms with Crippen LogP contribution in [0.4, 0.5) is 5.69 Å². The minimum Gasteiger partial charge on any atom is -0.349 e. The highest BCUT2D eigenvalue weighted by atomic mass is 127. The van der Waals surface area contributed by atoms with Gasteiger partial charge in [0.25, 0.3) is 0 Å². The standard InChI is InChI=1S/C17H16ClIN2O2/c1-11(22)20-16(12-6-8-13(18)9-7-12)10-17(23)21-15-5-3-2-4-14(15)19/h2-9,16H,10H2,1H3,(H,20,22)(H,21,23). The molecule has 0 aromatic heterocycles. The van der Waals surface area contributed by atoms with Crippen LogP contribution in [-0.4, -0.2) is 11.8 Å². The molecule has 4 nitrogen and oxygen atoms in total. The number of benzene rings is 2. The highest BCUT2D eigenvalue weighted by Gasteiger charge is 2.17. The average molecular weight is 443 g/mol. The Morgan fingerprint density at radius 3 is 2.39 bits per heavy atom. The topological polar surface area (TPSA) is 58.2 Å². The summed E-state index contributed by atoms with van der Waals surface area (Å²) in [6.45, 7) is 1.43. The maximum absolute atomic E-state index is 12.3. The van der Waals surface area contributed by atoms with Gasteiger partial charge in [0.15, 0.2) is 0 Å². The highest BCUT2D eigenvalue weighted by Crippen LogP contribution is 2.22. The van der Waals surface area contributed by atoms with Gasteiger partial charge in [-0.25, -0.2) is 0 Å². The molecule has 23 heavy (non-hydrogen) atoms. The van der Waals surface area contributed by atoms with Crippen LogP contribution in [0.3, 0.4) is 0 Å². The SMILES string of the molecule is CC(=O)NC(CC(=O)Nc1ccccc1I)c1ccc(Cl)cc1. The van der Waals surface area contributed by atoms with Crippen LogP contribution in [0.5, 0.6) is 0 Å². The zero-order valence-corrected chi connectivity index (χ0v) is 15.4. The van der Waals surface area contributed by atoms with Crippen molar-refractivity contribution in [3.63, 3.8) is 0 Å². The summed E-state index contributed by atoms with van der Waals surface area (Å²) >= 11 is 8.05. The van der Waals surface area contributed by atoms with Gasteiger partial charge in [-0.05, 0) is 52.4 Å². The highest BCUT2D eigenvalue weighted by molar-refractivity contribution is 14.1. The van der Waals surface area contributed by atoms with E-state index in [9.17, 15) is 9.59 Å². The molecule has 0 bridgehead atoms. The van der Waals surface area contributed by atoms with Crippen molar-refractivity contribution in [2.75, 3.05) is 5.32 Å². The lowest BCUT2D eigenvalue weighted by molar-refractivity contribution is -0.120. The molecule has 0 aliphatic heterocycles. The van der Waals surface area contributed by atoms with Gasteiger partial charge in [0.2, 0.25) is 11.8 Å². The first-order chi connectivity index (χ1) is 11.0. The Balaban J connectivity index is 2.11. The number of carbonyl (C=O) groups is 2. The van der Waals surface area contributed by atoms with E-state index in [4.69, 9.17) is 11.6 Å². The molecular formula is C17H16ClIN2O2. The van der Waals surface area contributed by atoms with Gasteiger partial charge < -0.3 is 10.6 Å². The van der Waals surface area contributed by atoms with Gasteiger partial charge in [-0.3, -0.25) is 9.59 Å². The van der Waals surface area contributed by atoms with E-state index >= 15 is 0 Å². The number of para-hydroxylation sites is 1. The Labute approximate surface area is 153 Å². The van der Waals surface area contributed by atoms with E-state index in [0.717, 1.165) is 14.8 Å². The molecule has 1 unspecified atom stereocenters. The monoisotopic (exact) mass is 442 g/mol. The molecular weight excluding hydrogens is 427 g/mol. The minimum absolute atomic E-state index is 0.145. The second-order valence-electron chi connectivity index (χ2n) is 5.04. The molecule has 0 aliphatic rings. The normalized spacial score (nSPS) is 11.6. The molecule has 0 saturated heterocycles. The fourth-order valence-electron chi connectivity index (χ4n) is 2.14. The van der Waals surface area contributed by atoms with Crippen LogP contribution in [0.15, 0.2) is 48.5 Å². The fourth-order valence-corrected chi connectivity index (χ4v) is 2.79. The zero-order chi connectivity index (χ0) is 16.8. The van der Waals surface area contributed by atoms with Crippen molar-refractivity contribution in [2.24, 2.45) is 0 Å². The first-order valence-electron chi connectivity index (χ1n) is 7.02. The molecule has 2 rings (SSSR count). The van der Waals surface area contributed by atoms with Gasteiger partial charge >= 0.3 is 0 Å². The van der Waals surface area contributed by atoms with Crippen LogP contribution in [-0.2, 0) is 9.59 Å². The molecule has 0 spiro atoms. The minimum atomic E-state index is -0.397. The number of anilines is 1. The zero-order valence-electron chi connectivity index (χ0n) is 12.5. The van der Waals surface area contributed by atoms with Crippen LogP contribution in [0.25, 0.3) is 0 Å². The number of hydrogen-bond donors (Lipinski definition) is 2. The summed E-state index contributed by atoms with van der Waals surface area (Å²) in [5, 5.41) is 6.28. The maximum Gasteiger partial charge on any atom is 0.226 e. The van der Waals surface area contributed by atoms with E-state index in [-0.39, 0.29) is 18.2 Å². The Kier molecular flexibility index (Phi) is 6.41. The molecule has 0 radical (unpaired) electrons. The molecule has 2 N–H and O–H groups in total. The lowest BCUT2D eigenvalue weighted by Gasteiger charge is -2.18. The van der Waals surface area contributed by atoms with Crippen molar-refractivity contribution in [1.29, 1.82) is 0 Å². The molecule has 0 fully saturated rings. The molecule has 120 valence electrons. The molecule has 2 aromatic rings.